The zero-order valence-corrected chi connectivity index (χ0v) is 29.8. The summed E-state index contributed by atoms with van der Waals surface area (Å²) < 4.78 is 2.31. The third-order valence-electron chi connectivity index (χ3n) is 11.1. The molecule has 55 heavy (non-hydrogen) atoms. The van der Waals surface area contributed by atoms with E-state index in [0.29, 0.717) is 16.8 Å². The van der Waals surface area contributed by atoms with Crippen LogP contribution in [0.1, 0.15) is 27.8 Å². The number of hydrogen-bond acceptors (Lipinski definition) is 2. The maximum absolute atomic E-state index is 10.4. The molecule has 256 valence electrons. The Bertz CT molecular complexity index is 2840. The minimum Gasteiger partial charge on any atom is -0.310 e. The molecule has 0 atom stereocenters. The smallest absolute Gasteiger partial charge is 0.196 e. The standard InChI is InChI=1S/C51H32N4/c1-53-45-26-16-17-35(34-52)50(45)36-31-39(54-46-27-12-8-22-41(46)42-23-9-13-28-47(42)54)33-40(32-36)55-48-29-14-10-24-43(48)51(37-18-4-2-5-19-37,38-20-6-3-7-21-38)44-25-11-15-30-49(44)55/h2-33H. The molecule has 4 heteroatoms. The van der Waals surface area contributed by atoms with E-state index in [1.54, 1.807) is 18.2 Å². The molecule has 9 aromatic rings. The molecule has 4 nitrogen and oxygen atoms in total. The average Bonchev–Trinajstić information content (AvgIpc) is 3.60. The summed E-state index contributed by atoms with van der Waals surface area (Å²) in [7, 11) is 0. The number of fused-ring (bicyclic) bond motifs is 5. The van der Waals surface area contributed by atoms with Gasteiger partial charge in [0.15, 0.2) is 5.69 Å². The largest absolute Gasteiger partial charge is 0.310 e. The molecule has 8 aromatic carbocycles. The number of aromatic nitrogens is 1. The van der Waals surface area contributed by atoms with E-state index in [1.165, 1.54) is 11.1 Å². The highest BCUT2D eigenvalue weighted by Gasteiger charge is 2.46. The fourth-order valence-corrected chi connectivity index (χ4v) is 8.92. The van der Waals surface area contributed by atoms with E-state index in [0.717, 1.165) is 61.2 Å². The number of para-hydroxylation sites is 4. The number of hydrogen-bond donors (Lipinski definition) is 0. The van der Waals surface area contributed by atoms with Gasteiger partial charge in [-0.05, 0) is 76.3 Å². The summed E-state index contributed by atoms with van der Waals surface area (Å²) in [4.78, 5) is 6.29. The van der Waals surface area contributed by atoms with Gasteiger partial charge >= 0.3 is 0 Å². The van der Waals surface area contributed by atoms with Crippen molar-refractivity contribution in [3.8, 4) is 22.9 Å². The van der Waals surface area contributed by atoms with Crippen LogP contribution in [0.5, 0.6) is 0 Å². The maximum Gasteiger partial charge on any atom is 0.196 e. The summed E-state index contributed by atoms with van der Waals surface area (Å²) in [6.45, 7) is 8.16. The monoisotopic (exact) mass is 700 g/mol. The van der Waals surface area contributed by atoms with Crippen LogP contribution in [0.3, 0.4) is 0 Å². The van der Waals surface area contributed by atoms with Gasteiger partial charge in [0.2, 0.25) is 0 Å². The number of nitriles is 1. The van der Waals surface area contributed by atoms with Crippen LogP contribution in [0.4, 0.5) is 22.7 Å². The van der Waals surface area contributed by atoms with E-state index < -0.39 is 5.41 Å². The first-order chi connectivity index (χ1) is 27.2. The maximum atomic E-state index is 10.4. The van der Waals surface area contributed by atoms with Crippen LogP contribution in [0.2, 0.25) is 0 Å². The van der Waals surface area contributed by atoms with Gasteiger partial charge in [0.1, 0.15) is 0 Å². The van der Waals surface area contributed by atoms with Gasteiger partial charge in [-0.1, -0.05) is 146 Å². The molecule has 0 spiro atoms. The SMILES string of the molecule is [C-]#[N+]c1cccc(C#N)c1-c1cc(N2c3ccccc3C(c3ccccc3)(c3ccccc3)c3ccccc32)cc(-n2c3ccccc3c3ccccc32)c1. The Morgan fingerprint density at radius 3 is 1.58 bits per heavy atom. The molecule has 1 aromatic heterocycles. The van der Waals surface area contributed by atoms with Crippen molar-refractivity contribution in [3.05, 3.63) is 233 Å². The van der Waals surface area contributed by atoms with Crippen molar-refractivity contribution in [1.82, 2.24) is 4.57 Å². The molecular formula is C51H32N4. The Morgan fingerprint density at radius 2 is 1.02 bits per heavy atom. The molecular weight excluding hydrogens is 669 g/mol. The number of benzene rings is 8. The Hall–Kier alpha value is -7.66. The van der Waals surface area contributed by atoms with Gasteiger partial charge in [-0.15, -0.1) is 0 Å². The number of nitrogens with zero attached hydrogens (tertiary/aromatic N) is 4. The molecule has 0 amide bonds. The van der Waals surface area contributed by atoms with Crippen molar-refractivity contribution in [2.24, 2.45) is 0 Å². The Kier molecular flexibility index (Phi) is 7.44. The molecule has 10 rings (SSSR count). The first-order valence-electron chi connectivity index (χ1n) is 18.4. The van der Waals surface area contributed by atoms with Crippen molar-refractivity contribution < 1.29 is 0 Å². The predicted molar refractivity (Wildman–Crippen MR) is 224 cm³/mol. The minimum absolute atomic E-state index is 0.441. The molecule has 0 N–H and O–H groups in total. The summed E-state index contributed by atoms with van der Waals surface area (Å²) in [5.74, 6) is 0. The van der Waals surface area contributed by atoms with Gasteiger partial charge in [-0.25, -0.2) is 4.85 Å². The van der Waals surface area contributed by atoms with Crippen molar-refractivity contribution in [2.75, 3.05) is 4.90 Å². The lowest BCUT2D eigenvalue weighted by molar-refractivity contribution is 0.731. The quantitative estimate of drug-likeness (QED) is 0.168. The highest BCUT2D eigenvalue weighted by molar-refractivity contribution is 6.09. The fraction of sp³-hybridized carbons (Fsp3) is 0.0196. The first-order valence-corrected chi connectivity index (χ1v) is 18.4. The second-order valence-corrected chi connectivity index (χ2v) is 13.9. The van der Waals surface area contributed by atoms with Gasteiger partial charge in [0, 0.05) is 33.3 Å². The third-order valence-corrected chi connectivity index (χ3v) is 11.1. The van der Waals surface area contributed by atoms with E-state index in [-0.39, 0.29) is 0 Å². The zero-order chi connectivity index (χ0) is 36.9. The lowest BCUT2D eigenvalue weighted by atomic mass is 9.62. The molecule has 0 saturated heterocycles. The second kappa shape index (κ2) is 12.8. The van der Waals surface area contributed by atoms with Crippen LogP contribution in [-0.4, -0.2) is 4.57 Å². The molecule has 0 unspecified atom stereocenters. The molecule has 0 fully saturated rings. The van der Waals surface area contributed by atoms with Gasteiger partial charge in [-0.2, -0.15) is 5.26 Å². The lowest BCUT2D eigenvalue weighted by Crippen LogP contribution is -2.37. The Balaban J connectivity index is 1.33. The number of anilines is 3. The van der Waals surface area contributed by atoms with Crippen molar-refractivity contribution in [1.29, 1.82) is 5.26 Å². The zero-order valence-electron chi connectivity index (χ0n) is 29.8. The summed E-state index contributed by atoms with van der Waals surface area (Å²) in [6.07, 6.45) is 0. The van der Waals surface area contributed by atoms with Gasteiger partial charge < -0.3 is 9.47 Å². The highest BCUT2D eigenvalue weighted by Crippen LogP contribution is 2.58. The second-order valence-electron chi connectivity index (χ2n) is 13.9. The number of rotatable bonds is 5. The fourth-order valence-electron chi connectivity index (χ4n) is 8.92. The van der Waals surface area contributed by atoms with Crippen LogP contribution in [-0.2, 0) is 5.41 Å². The van der Waals surface area contributed by atoms with E-state index in [1.807, 2.05) is 0 Å². The van der Waals surface area contributed by atoms with E-state index >= 15 is 0 Å². The van der Waals surface area contributed by atoms with Crippen LogP contribution >= 0.6 is 0 Å². The Labute approximate surface area is 319 Å². The summed E-state index contributed by atoms with van der Waals surface area (Å²) in [6, 6.07) is 70.4. The van der Waals surface area contributed by atoms with E-state index in [2.05, 4.69) is 196 Å². The lowest BCUT2D eigenvalue weighted by Gasteiger charge is -2.46. The topological polar surface area (TPSA) is 36.3 Å². The van der Waals surface area contributed by atoms with Crippen LogP contribution in [0.25, 0.3) is 43.5 Å². The van der Waals surface area contributed by atoms with Gasteiger partial charge in [0.05, 0.1) is 40.5 Å². The van der Waals surface area contributed by atoms with Crippen molar-refractivity contribution >= 4 is 44.6 Å². The van der Waals surface area contributed by atoms with E-state index in [4.69, 9.17) is 6.57 Å². The molecule has 1 aliphatic rings. The summed E-state index contributed by atoms with van der Waals surface area (Å²) in [5.41, 5.74) is 12.6. The average molecular weight is 701 g/mol. The molecule has 1 aliphatic heterocycles. The van der Waals surface area contributed by atoms with Crippen molar-refractivity contribution in [2.45, 2.75) is 5.41 Å². The molecule has 0 radical (unpaired) electrons. The molecule has 0 aliphatic carbocycles. The molecule has 0 saturated carbocycles. The van der Waals surface area contributed by atoms with Crippen LogP contribution < -0.4 is 4.90 Å². The normalized spacial score (nSPS) is 12.8. The third kappa shape index (κ3) is 4.76. The molecule has 0 bridgehead atoms. The first kappa shape index (κ1) is 32.0. The highest BCUT2D eigenvalue weighted by atomic mass is 15.2. The van der Waals surface area contributed by atoms with Crippen molar-refractivity contribution in [3.63, 3.8) is 0 Å². The Morgan fingerprint density at radius 1 is 0.509 bits per heavy atom. The van der Waals surface area contributed by atoms with Gasteiger partial charge in [-0.3, -0.25) is 0 Å². The minimum atomic E-state index is -0.607. The predicted octanol–water partition coefficient (Wildman–Crippen LogP) is 13.0. The molecule has 2 heterocycles. The van der Waals surface area contributed by atoms with Crippen LogP contribution in [0.15, 0.2) is 194 Å². The van der Waals surface area contributed by atoms with Gasteiger partial charge in [0.25, 0.3) is 0 Å². The van der Waals surface area contributed by atoms with Crippen LogP contribution in [0, 0.1) is 17.9 Å². The summed E-state index contributed by atoms with van der Waals surface area (Å²) >= 11 is 0. The summed E-state index contributed by atoms with van der Waals surface area (Å²) in [5, 5.41) is 12.7. The van der Waals surface area contributed by atoms with E-state index in [9.17, 15) is 5.26 Å².